The van der Waals surface area contributed by atoms with E-state index in [4.69, 9.17) is 9.47 Å². The molecule has 3 N–H and O–H groups in total. The summed E-state index contributed by atoms with van der Waals surface area (Å²) in [4.78, 5) is 20.2. The quantitative estimate of drug-likeness (QED) is 0.422. The fourth-order valence-electron chi connectivity index (χ4n) is 4.02. The molecule has 3 aromatic heterocycles. The molecule has 0 saturated heterocycles. The molecule has 1 amide bonds. The normalized spacial score (nSPS) is 23.3. The lowest BCUT2D eigenvalue weighted by molar-refractivity contribution is -0.154. The molecule has 0 unspecified atom stereocenters. The molecular formula is C21H23F4N7O3. The number of halogens is 4. The van der Waals surface area contributed by atoms with Crippen LogP contribution in [0, 0.1) is 0 Å². The smallest absolute Gasteiger partial charge is 0.422 e. The van der Waals surface area contributed by atoms with E-state index >= 15 is 4.39 Å². The number of carbonyl (C=O) groups is 1. The monoisotopic (exact) mass is 497 g/mol. The molecule has 0 radical (unpaired) electrons. The number of H-pyrrole nitrogens is 1. The van der Waals surface area contributed by atoms with Gasteiger partial charge >= 0.3 is 12.3 Å². The van der Waals surface area contributed by atoms with E-state index in [0.29, 0.717) is 30.0 Å². The Kier molecular flexibility index (Phi) is 5.68. The Hall–Kier alpha value is -3.58. The number of aromatic amines is 1. The first-order valence-electron chi connectivity index (χ1n) is 11.1. The number of hydrogen-bond acceptors (Lipinski definition) is 7. The molecule has 0 bridgehead atoms. The fraction of sp³-hybridized carbons (Fsp3) is 0.524. The highest BCUT2D eigenvalue weighted by Gasteiger charge is 2.43. The maximum absolute atomic E-state index is 15.1. The van der Waals surface area contributed by atoms with E-state index in [2.05, 4.69) is 30.8 Å². The molecule has 0 aromatic carbocycles. The number of fused-ring (bicyclic) bond motifs is 1. The Morgan fingerprint density at radius 1 is 1.34 bits per heavy atom. The average molecular weight is 497 g/mol. The molecule has 2 saturated carbocycles. The van der Waals surface area contributed by atoms with Gasteiger partial charge in [0.2, 0.25) is 11.8 Å². The van der Waals surface area contributed by atoms with Crippen LogP contribution >= 0.6 is 0 Å². The minimum atomic E-state index is -4.49. The number of carbonyl (C=O) groups excluding carboxylic acids is 1. The number of aromatic nitrogens is 5. The molecule has 5 rings (SSSR count). The summed E-state index contributed by atoms with van der Waals surface area (Å²) in [5.41, 5.74) is 0.586. The highest BCUT2D eigenvalue weighted by Crippen LogP contribution is 2.39. The minimum absolute atomic E-state index is 0.210. The van der Waals surface area contributed by atoms with Crippen molar-refractivity contribution in [3.05, 3.63) is 30.2 Å². The van der Waals surface area contributed by atoms with Gasteiger partial charge < -0.3 is 20.1 Å². The van der Waals surface area contributed by atoms with Gasteiger partial charge in [-0.2, -0.15) is 23.3 Å². The number of alkyl carbamates (subject to hydrolysis) is 1. The van der Waals surface area contributed by atoms with Gasteiger partial charge in [0.1, 0.15) is 17.9 Å². The minimum Gasteiger partial charge on any atom is -0.467 e. The first-order valence-corrected chi connectivity index (χ1v) is 11.1. The van der Waals surface area contributed by atoms with E-state index in [1.165, 1.54) is 22.9 Å². The maximum Gasteiger partial charge on any atom is 0.422 e. The highest BCUT2D eigenvalue weighted by molar-refractivity contribution is 5.69. The van der Waals surface area contributed by atoms with Crippen molar-refractivity contribution in [2.45, 2.75) is 62.5 Å². The molecule has 0 spiro atoms. The largest absolute Gasteiger partial charge is 0.467 e. The lowest BCUT2D eigenvalue weighted by Gasteiger charge is -2.19. The number of anilines is 2. The van der Waals surface area contributed by atoms with E-state index < -0.39 is 37.1 Å². The highest BCUT2D eigenvalue weighted by atomic mass is 19.4. The summed E-state index contributed by atoms with van der Waals surface area (Å²) < 4.78 is 63.8. The first kappa shape index (κ1) is 23.2. The fourth-order valence-corrected chi connectivity index (χ4v) is 4.02. The Morgan fingerprint density at radius 2 is 2.14 bits per heavy atom. The summed E-state index contributed by atoms with van der Waals surface area (Å²) >= 11 is 0. The number of rotatable bonds is 7. The number of amides is 1. The van der Waals surface area contributed by atoms with Gasteiger partial charge in [-0.05, 0) is 38.7 Å². The van der Waals surface area contributed by atoms with Crippen molar-refractivity contribution in [3.8, 4) is 5.88 Å². The molecule has 35 heavy (non-hydrogen) atoms. The van der Waals surface area contributed by atoms with Crippen LogP contribution in [0.5, 0.6) is 5.88 Å². The average Bonchev–Trinajstić information content (AvgIpc) is 3.14. The number of imidazole rings is 1. The molecule has 14 heteroatoms. The summed E-state index contributed by atoms with van der Waals surface area (Å²) in [6.45, 7) is 0.445. The topological polar surface area (TPSA) is 118 Å². The van der Waals surface area contributed by atoms with Crippen LogP contribution in [0.3, 0.4) is 0 Å². The predicted octanol–water partition coefficient (Wildman–Crippen LogP) is 4.00. The summed E-state index contributed by atoms with van der Waals surface area (Å²) in [5.74, 6) is -0.197. The SMILES string of the molecule is CC1(NC(=O)O[C@@H]2CC[C@H](c3cc(Nc4nccc5nc(OCC(F)(F)F)cn45)n[nH]3)[C@@H]2F)CC1. The van der Waals surface area contributed by atoms with E-state index in [0.717, 1.165) is 12.8 Å². The van der Waals surface area contributed by atoms with Crippen molar-refractivity contribution in [2.24, 2.45) is 0 Å². The Morgan fingerprint density at radius 3 is 2.89 bits per heavy atom. The molecular weight excluding hydrogens is 474 g/mol. The zero-order valence-electron chi connectivity index (χ0n) is 18.6. The van der Waals surface area contributed by atoms with Gasteiger partial charge in [-0.25, -0.2) is 14.2 Å². The van der Waals surface area contributed by atoms with Crippen molar-refractivity contribution in [3.63, 3.8) is 0 Å². The molecule has 188 valence electrons. The third-order valence-corrected chi connectivity index (χ3v) is 6.14. The van der Waals surface area contributed by atoms with Crippen molar-refractivity contribution < 1.29 is 31.8 Å². The third kappa shape index (κ3) is 5.25. The van der Waals surface area contributed by atoms with Crippen LogP contribution in [-0.4, -0.2) is 61.3 Å². The number of ether oxygens (including phenoxy) is 2. The Labute approximate surface area is 196 Å². The van der Waals surface area contributed by atoms with Crippen LogP contribution in [0.2, 0.25) is 0 Å². The van der Waals surface area contributed by atoms with Gasteiger partial charge in [0, 0.05) is 29.4 Å². The molecule has 2 fully saturated rings. The van der Waals surface area contributed by atoms with E-state index in [1.807, 2.05) is 6.92 Å². The molecule has 10 nitrogen and oxygen atoms in total. The second-order valence-corrected chi connectivity index (χ2v) is 9.07. The standard InChI is InChI=1S/C21H23F4N7O3/c1-20(5-6-20)29-19(33)35-13-3-2-11(17(13)22)12-8-14(31-30-12)27-18-26-7-4-15-28-16(9-32(15)18)34-10-21(23,24)25/h4,7-9,11,13,17H,2-3,5-6,10H2,1H3,(H,29,33)(H2,26,27,30,31)/t11-,13-,17+/m1/s1. The van der Waals surface area contributed by atoms with E-state index in [-0.39, 0.29) is 17.4 Å². The van der Waals surface area contributed by atoms with Crippen LogP contribution < -0.4 is 15.4 Å². The molecule has 2 aliphatic carbocycles. The second kappa shape index (κ2) is 8.57. The number of nitrogens with one attached hydrogen (secondary N) is 3. The van der Waals surface area contributed by atoms with E-state index in [1.54, 1.807) is 6.07 Å². The Bertz CT molecular complexity index is 1220. The van der Waals surface area contributed by atoms with Gasteiger partial charge in [-0.15, -0.1) is 0 Å². The van der Waals surface area contributed by atoms with Gasteiger partial charge in [-0.3, -0.25) is 9.50 Å². The number of nitrogens with zero attached hydrogens (tertiary/aromatic N) is 4. The second-order valence-electron chi connectivity index (χ2n) is 9.07. The lowest BCUT2D eigenvalue weighted by Crippen LogP contribution is -2.38. The number of hydrogen-bond donors (Lipinski definition) is 3. The van der Waals surface area contributed by atoms with Crippen molar-refractivity contribution >= 4 is 23.5 Å². The summed E-state index contributed by atoms with van der Waals surface area (Å²) in [5, 5.41) is 12.6. The maximum atomic E-state index is 15.1. The van der Waals surface area contributed by atoms with Gasteiger partial charge in [0.25, 0.3) is 0 Å². The van der Waals surface area contributed by atoms with Crippen LogP contribution in [0.4, 0.5) is 34.1 Å². The lowest BCUT2D eigenvalue weighted by atomic mass is 10.0. The Balaban J connectivity index is 1.24. The van der Waals surface area contributed by atoms with Crippen molar-refractivity contribution in [1.29, 1.82) is 0 Å². The molecule has 3 heterocycles. The molecule has 3 atom stereocenters. The van der Waals surface area contributed by atoms with Crippen molar-refractivity contribution in [1.82, 2.24) is 29.9 Å². The third-order valence-electron chi connectivity index (χ3n) is 6.14. The molecule has 2 aliphatic rings. The van der Waals surface area contributed by atoms with Gasteiger partial charge in [0.05, 0.1) is 6.20 Å². The summed E-state index contributed by atoms with van der Waals surface area (Å²) in [6, 6.07) is 3.12. The van der Waals surface area contributed by atoms with Crippen LogP contribution in [0.25, 0.3) is 5.65 Å². The zero-order chi connectivity index (χ0) is 24.8. The van der Waals surface area contributed by atoms with E-state index in [9.17, 15) is 18.0 Å². The van der Waals surface area contributed by atoms with Gasteiger partial charge in [0.15, 0.2) is 12.4 Å². The van der Waals surface area contributed by atoms with Crippen LogP contribution in [-0.2, 0) is 4.74 Å². The molecule has 3 aromatic rings. The number of alkyl halides is 4. The first-order chi connectivity index (χ1) is 16.6. The summed E-state index contributed by atoms with van der Waals surface area (Å²) in [6.07, 6.45) is -2.04. The molecule has 0 aliphatic heterocycles. The summed E-state index contributed by atoms with van der Waals surface area (Å²) in [7, 11) is 0. The van der Waals surface area contributed by atoms with Crippen LogP contribution in [0.15, 0.2) is 24.5 Å². The van der Waals surface area contributed by atoms with Crippen LogP contribution in [0.1, 0.15) is 44.2 Å². The van der Waals surface area contributed by atoms with Crippen molar-refractivity contribution in [2.75, 3.05) is 11.9 Å². The zero-order valence-corrected chi connectivity index (χ0v) is 18.6. The predicted molar refractivity (Wildman–Crippen MR) is 114 cm³/mol. The van der Waals surface area contributed by atoms with Gasteiger partial charge in [-0.1, -0.05) is 0 Å².